The smallest absolute Gasteiger partial charge is 0.123 e. The summed E-state index contributed by atoms with van der Waals surface area (Å²) >= 11 is 0. The van der Waals surface area contributed by atoms with Gasteiger partial charge in [-0.1, -0.05) is 18.2 Å². The number of hydrogen-bond donors (Lipinski definition) is 0. The Morgan fingerprint density at radius 2 is 1.50 bits per heavy atom. The Labute approximate surface area is 118 Å². The standard InChI is InChI=1S/C18H16FN/c1-13-5-3-4-6-17(13)20-14(2)7-12-18(20)15-8-10-16(19)11-9-15/h3-12H,1-2H3. The van der Waals surface area contributed by atoms with Gasteiger partial charge >= 0.3 is 0 Å². The molecule has 0 saturated carbocycles. The minimum atomic E-state index is -0.209. The van der Waals surface area contributed by atoms with E-state index in [1.54, 1.807) is 0 Å². The van der Waals surface area contributed by atoms with Crippen molar-refractivity contribution in [3.8, 4) is 16.9 Å². The highest BCUT2D eigenvalue weighted by Crippen LogP contribution is 2.28. The van der Waals surface area contributed by atoms with Gasteiger partial charge in [-0.05, 0) is 67.4 Å². The van der Waals surface area contributed by atoms with Crippen LogP contribution in [0.2, 0.25) is 0 Å². The molecule has 0 aliphatic rings. The summed E-state index contributed by atoms with van der Waals surface area (Å²) in [7, 11) is 0. The fourth-order valence-corrected chi connectivity index (χ4v) is 2.52. The second kappa shape index (κ2) is 4.97. The molecule has 0 aliphatic heterocycles. The van der Waals surface area contributed by atoms with Crippen LogP contribution in [0.4, 0.5) is 4.39 Å². The highest BCUT2D eigenvalue weighted by molar-refractivity contribution is 5.65. The molecule has 0 saturated heterocycles. The predicted molar refractivity (Wildman–Crippen MR) is 80.6 cm³/mol. The number of aryl methyl sites for hydroxylation is 2. The van der Waals surface area contributed by atoms with Gasteiger partial charge in [-0.3, -0.25) is 0 Å². The van der Waals surface area contributed by atoms with Gasteiger partial charge in [0.2, 0.25) is 0 Å². The molecule has 2 aromatic carbocycles. The van der Waals surface area contributed by atoms with E-state index in [0.29, 0.717) is 0 Å². The Kier molecular flexibility index (Phi) is 3.15. The molecule has 0 N–H and O–H groups in total. The van der Waals surface area contributed by atoms with E-state index in [-0.39, 0.29) is 5.82 Å². The fourth-order valence-electron chi connectivity index (χ4n) is 2.52. The summed E-state index contributed by atoms with van der Waals surface area (Å²) < 4.78 is 15.3. The van der Waals surface area contributed by atoms with Gasteiger partial charge < -0.3 is 4.57 Å². The molecule has 0 atom stereocenters. The van der Waals surface area contributed by atoms with Crippen molar-refractivity contribution in [1.29, 1.82) is 0 Å². The van der Waals surface area contributed by atoms with Crippen LogP contribution in [0.1, 0.15) is 11.3 Å². The molecule has 0 radical (unpaired) electrons. The second-order valence-corrected chi connectivity index (χ2v) is 4.99. The molecule has 0 aliphatic carbocycles. The van der Waals surface area contributed by atoms with E-state index in [4.69, 9.17) is 0 Å². The molecule has 2 heteroatoms. The number of aromatic nitrogens is 1. The summed E-state index contributed by atoms with van der Waals surface area (Å²) in [6.07, 6.45) is 0. The lowest BCUT2D eigenvalue weighted by atomic mass is 10.1. The Morgan fingerprint density at radius 3 is 2.20 bits per heavy atom. The third-order valence-corrected chi connectivity index (χ3v) is 3.57. The molecule has 3 aromatic rings. The van der Waals surface area contributed by atoms with Crippen molar-refractivity contribution in [2.24, 2.45) is 0 Å². The van der Waals surface area contributed by atoms with Gasteiger partial charge in [0.05, 0.1) is 5.69 Å². The predicted octanol–water partition coefficient (Wildman–Crippen LogP) is 4.90. The van der Waals surface area contributed by atoms with Crippen molar-refractivity contribution in [3.05, 3.63) is 77.7 Å². The van der Waals surface area contributed by atoms with Crippen LogP contribution in [-0.2, 0) is 0 Å². The minimum Gasteiger partial charge on any atom is -0.314 e. The molecular formula is C18H16FN. The molecule has 0 amide bonds. The first-order chi connectivity index (χ1) is 9.66. The summed E-state index contributed by atoms with van der Waals surface area (Å²) in [5.41, 5.74) is 5.64. The van der Waals surface area contributed by atoms with Crippen LogP contribution in [0.15, 0.2) is 60.7 Å². The third kappa shape index (κ3) is 2.14. The molecule has 0 fully saturated rings. The quantitative estimate of drug-likeness (QED) is 0.621. The van der Waals surface area contributed by atoms with E-state index < -0.39 is 0 Å². The van der Waals surface area contributed by atoms with E-state index in [0.717, 1.165) is 16.9 Å². The number of nitrogens with zero attached hydrogens (tertiary/aromatic N) is 1. The zero-order valence-corrected chi connectivity index (χ0v) is 11.6. The summed E-state index contributed by atoms with van der Waals surface area (Å²) in [6, 6.07) is 19.1. The third-order valence-electron chi connectivity index (χ3n) is 3.57. The Balaban J connectivity index is 2.20. The Morgan fingerprint density at radius 1 is 0.800 bits per heavy atom. The number of para-hydroxylation sites is 1. The summed E-state index contributed by atoms with van der Waals surface area (Å²) in [5, 5.41) is 0. The van der Waals surface area contributed by atoms with Gasteiger partial charge in [0.15, 0.2) is 0 Å². The molecule has 1 heterocycles. The molecule has 0 bridgehead atoms. The highest BCUT2D eigenvalue weighted by Gasteiger charge is 2.10. The summed E-state index contributed by atoms with van der Waals surface area (Å²) in [6.45, 7) is 4.18. The molecular weight excluding hydrogens is 249 g/mol. The van der Waals surface area contributed by atoms with Crippen LogP contribution in [0.3, 0.4) is 0 Å². The first-order valence-corrected chi connectivity index (χ1v) is 6.67. The Bertz CT molecular complexity index is 738. The lowest BCUT2D eigenvalue weighted by molar-refractivity contribution is 0.628. The van der Waals surface area contributed by atoms with Crippen molar-refractivity contribution in [2.45, 2.75) is 13.8 Å². The van der Waals surface area contributed by atoms with E-state index in [9.17, 15) is 4.39 Å². The van der Waals surface area contributed by atoms with Crippen LogP contribution in [0, 0.1) is 19.7 Å². The monoisotopic (exact) mass is 265 g/mol. The van der Waals surface area contributed by atoms with Crippen molar-refractivity contribution in [2.75, 3.05) is 0 Å². The molecule has 3 rings (SSSR count). The van der Waals surface area contributed by atoms with E-state index >= 15 is 0 Å². The van der Waals surface area contributed by atoms with Crippen molar-refractivity contribution >= 4 is 0 Å². The molecule has 1 nitrogen and oxygen atoms in total. The van der Waals surface area contributed by atoms with Crippen LogP contribution >= 0.6 is 0 Å². The molecule has 20 heavy (non-hydrogen) atoms. The average molecular weight is 265 g/mol. The number of hydrogen-bond acceptors (Lipinski definition) is 0. The maximum absolute atomic E-state index is 13.1. The van der Waals surface area contributed by atoms with E-state index in [2.05, 4.69) is 42.7 Å². The largest absolute Gasteiger partial charge is 0.314 e. The van der Waals surface area contributed by atoms with Crippen molar-refractivity contribution in [1.82, 2.24) is 4.57 Å². The SMILES string of the molecule is Cc1ccccc1-n1c(C)ccc1-c1ccc(F)cc1. The molecule has 0 spiro atoms. The summed E-state index contributed by atoms with van der Waals surface area (Å²) in [4.78, 5) is 0. The van der Waals surface area contributed by atoms with Gasteiger partial charge in [0.1, 0.15) is 5.82 Å². The number of benzene rings is 2. The maximum atomic E-state index is 13.1. The average Bonchev–Trinajstić information content (AvgIpc) is 2.82. The van der Waals surface area contributed by atoms with Gasteiger partial charge in [-0.15, -0.1) is 0 Å². The lowest BCUT2D eigenvalue weighted by Gasteiger charge is -2.14. The van der Waals surface area contributed by atoms with Crippen LogP contribution < -0.4 is 0 Å². The van der Waals surface area contributed by atoms with E-state index in [1.165, 1.54) is 23.4 Å². The van der Waals surface area contributed by atoms with Gasteiger partial charge in [0.25, 0.3) is 0 Å². The number of halogens is 1. The highest BCUT2D eigenvalue weighted by atomic mass is 19.1. The minimum absolute atomic E-state index is 0.209. The topological polar surface area (TPSA) is 4.93 Å². The van der Waals surface area contributed by atoms with E-state index in [1.807, 2.05) is 24.3 Å². The maximum Gasteiger partial charge on any atom is 0.123 e. The van der Waals surface area contributed by atoms with Crippen molar-refractivity contribution < 1.29 is 4.39 Å². The zero-order chi connectivity index (χ0) is 14.1. The van der Waals surface area contributed by atoms with Gasteiger partial charge in [0, 0.05) is 11.4 Å². The van der Waals surface area contributed by atoms with Gasteiger partial charge in [-0.2, -0.15) is 0 Å². The second-order valence-electron chi connectivity index (χ2n) is 4.99. The molecule has 0 unspecified atom stereocenters. The van der Waals surface area contributed by atoms with Gasteiger partial charge in [-0.25, -0.2) is 4.39 Å². The molecule has 1 aromatic heterocycles. The Hall–Kier alpha value is -2.35. The molecule has 100 valence electrons. The van der Waals surface area contributed by atoms with Crippen LogP contribution in [0.25, 0.3) is 16.9 Å². The zero-order valence-electron chi connectivity index (χ0n) is 11.6. The lowest BCUT2D eigenvalue weighted by Crippen LogP contribution is -2.01. The first kappa shape index (κ1) is 12.7. The first-order valence-electron chi connectivity index (χ1n) is 6.67. The fraction of sp³-hybridized carbons (Fsp3) is 0.111. The van der Waals surface area contributed by atoms with Crippen LogP contribution in [0.5, 0.6) is 0 Å². The van der Waals surface area contributed by atoms with Crippen LogP contribution in [-0.4, -0.2) is 4.57 Å². The summed E-state index contributed by atoms with van der Waals surface area (Å²) in [5.74, 6) is -0.209. The van der Waals surface area contributed by atoms with Crippen molar-refractivity contribution in [3.63, 3.8) is 0 Å². The number of rotatable bonds is 2. The normalized spacial score (nSPS) is 10.8.